The average molecular weight is 311 g/mol. The van der Waals surface area contributed by atoms with Crippen LogP contribution < -0.4 is 10.6 Å². The molecule has 0 aliphatic heterocycles. The number of benzene rings is 2. The molecule has 0 aliphatic rings. The van der Waals surface area contributed by atoms with Crippen molar-refractivity contribution in [1.29, 1.82) is 0 Å². The lowest BCUT2D eigenvalue weighted by atomic mass is 10.1. The Bertz CT molecular complexity index is 704. The van der Waals surface area contributed by atoms with Crippen molar-refractivity contribution in [2.45, 2.75) is 6.92 Å². The zero-order valence-electron chi connectivity index (χ0n) is 11.4. The standard InChI is InChI=1S/C15H13ClF2N2O/c1-8-5-12(18)14(7-11(8)17)20-15(21)10-6-9(16)3-4-13(10)19-2/h3-7,19H,1-2H3,(H,20,21). The van der Waals surface area contributed by atoms with Crippen LogP contribution in [0.25, 0.3) is 0 Å². The van der Waals surface area contributed by atoms with Gasteiger partial charge < -0.3 is 10.6 Å². The van der Waals surface area contributed by atoms with Crippen molar-refractivity contribution in [2.24, 2.45) is 0 Å². The van der Waals surface area contributed by atoms with Crippen LogP contribution >= 0.6 is 11.6 Å². The van der Waals surface area contributed by atoms with Gasteiger partial charge in [0.15, 0.2) is 0 Å². The molecule has 2 N–H and O–H groups in total. The van der Waals surface area contributed by atoms with Crippen LogP contribution in [0.15, 0.2) is 30.3 Å². The van der Waals surface area contributed by atoms with Gasteiger partial charge in [-0.25, -0.2) is 8.78 Å². The van der Waals surface area contributed by atoms with Crippen molar-refractivity contribution in [3.05, 3.63) is 58.1 Å². The smallest absolute Gasteiger partial charge is 0.257 e. The van der Waals surface area contributed by atoms with Gasteiger partial charge in [-0.2, -0.15) is 0 Å². The molecular weight excluding hydrogens is 298 g/mol. The van der Waals surface area contributed by atoms with Crippen LogP contribution in [-0.2, 0) is 0 Å². The molecule has 0 aliphatic carbocycles. The number of hydrogen-bond acceptors (Lipinski definition) is 2. The van der Waals surface area contributed by atoms with E-state index in [9.17, 15) is 13.6 Å². The Morgan fingerprint density at radius 1 is 1.10 bits per heavy atom. The maximum Gasteiger partial charge on any atom is 0.257 e. The summed E-state index contributed by atoms with van der Waals surface area (Å²) < 4.78 is 27.2. The first-order chi connectivity index (χ1) is 9.92. The average Bonchev–Trinajstić information content (AvgIpc) is 2.44. The van der Waals surface area contributed by atoms with Crippen molar-refractivity contribution in [3.63, 3.8) is 0 Å². The molecule has 110 valence electrons. The highest BCUT2D eigenvalue weighted by atomic mass is 35.5. The van der Waals surface area contributed by atoms with Gasteiger partial charge in [-0.05, 0) is 36.8 Å². The lowest BCUT2D eigenvalue weighted by Gasteiger charge is -2.11. The van der Waals surface area contributed by atoms with Crippen molar-refractivity contribution in [1.82, 2.24) is 0 Å². The van der Waals surface area contributed by atoms with E-state index in [-0.39, 0.29) is 16.8 Å². The molecule has 6 heteroatoms. The molecule has 0 heterocycles. The van der Waals surface area contributed by atoms with Gasteiger partial charge >= 0.3 is 0 Å². The molecule has 2 rings (SSSR count). The van der Waals surface area contributed by atoms with Gasteiger partial charge in [-0.15, -0.1) is 0 Å². The first kappa shape index (κ1) is 15.3. The number of aryl methyl sites for hydroxylation is 1. The molecule has 2 aromatic rings. The molecule has 21 heavy (non-hydrogen) atoms. The fourth-order valence-corrected chi connectivity index (χ4v) is 2.03. The summed E-state index contributed by atoms with van der Waals surface area (Å²) in [4.78, 5) is 12.2. The Morgan fingerprint density at radius 2 is 1.81 bits per heavy atom. The summed E-state index contributed by atoms with van der Waals surface area (Å²) in [6.45, 7) is 1.44. The summed E-state index contributed by atoms with van der Waals surface area (Å²) in [5.74, 6) is -1.87. The number of carbonyl (C=O) groups excluding carboxylic acids is 1. The molecule has 1 amide bonds. The van der Waals surface area contributed by atoms with Crippen LogP contribution in [0, 0.1) is 18.6 Å². The summed E-state index contributed by atoms with van der Waals surface area (Å²) in [6.07, 6.45) is 0. The molecule has 0 saturated carbocycles. The fourth-order valence-electron chi connectivity index (χ4n) is 1.85. The van der Waals surface area contributed by atoms with E-state index in [4.69, 9.17) is 11.6 Å². The van der Waals surface area contributed by atoms with E-state index < -0.39 is 17.5 Å². The molecule has 3 nitrogen and oxygen atoms in total. The fraction of sp³-hybridized carbons (Fsp3) is 0.133. The number of carbonyl (C=O) groups is 1. The summed E-state index contributed by atoms with van der Waals surface area (Å²) in [5.41, 5.74) is 0.726. The van der Waals surface area contributed by atoms with Crippen LogP contribution in [0.4, 0.5) is 20.2 Å². The highest BCUT2D eigenvalue weighted by molar-refractivity contribution is 6.31. The number of amides is 1. The van der Waals surface area contributed by atoms with Gasteiger partial charge in [0.2, 0.25) is 0 Å². The Kier molecular flexibility index (Phi) is 4.43. The molecule has 0 spiro atoms. The van der Waals surface area contributed by atoms with E-state index in [1.165, 1.54) is 13.0 Å². The number of halogens is 3. The monoisotopic (exact) mass is 310 g/mol. The van der Waals surface area contributed by atoms with Gasteiger partial charge in [0, 0.05) is 23.8 Å². The van der Waals surface area contributed by atoms with E-state index >= 15 is 0 Å². The van der Waals surface area contributed by atoms with Crippen LogP contribution in [-0.4, -0.2) is 13.0 Å². The van der Waals surface area contributed by atoms with Gasteiger partial charge in [0.25, 0.3) is 5.91 Å². The van der Waals surface area contributed by atoms with E-state index in [1.807, 2.05) is 0 Å². The molecule has 0 bridgehead atoms. The number of anilines is 2. The van der Waals surface area contributed by atoms with Crippen LogP contribution in [0.1, 0.15) is 15.9 Å². The highest BCUT2D eigenvalue weighted by Crippen LogP contribution is 2.23. The highest BCUT2D eigenvalue weighted by Gasteiger charge is 2.15. The molecule has 0 unspecified atom stereocenters. The second kappa shape index (κ2) is 6.10. The minimum absolute atomic E-state index is 0.171. The number of rotatable bonds is 3. The first-order valence-electron chi connectivity index (χ1n) is 6.16. The van der Waals surface area contributed by atoms with Gasteiger partial charge in [0.05, 0.1) is 11.3 Å². The minimum atomic E-state index is -0.699. The predicted molar refractivity (Wildman–Crippen MR) is 80.0 cm³/mol. The summed E-state index contributed by atoms with van der Waals surface area (Å²) >= 11 is 5.86. The van der Waals surface area contributed by atoms with E-state index in [0.717, 1.165) is 12.1 Å². The third-order valence-corrected chi connectivity index (χ3v) is 3.23. The Morgan fingerprint density at radius 3 is 2.48 bits per heavy atom. The molecule has 0 aromatic heterocycles. The zero-order chi connectivity index (χ0) is 15.6. The van der Waals surface area contributed by atoms with Crippen molar-refractivity contribution in [2.75, 3.05) is 17.7 Å². The van der Waals surface area contributed by atoms with E-state index in [2.05, 4.69) is 10.6 Å². The molecule has 0 atom stereocenters. The lowest BCUT2D eigenvalue weighted by Crippen LogP contribution is -2.15. The van der Waals surface area contributed by atoms with Crippen molar-refractivity contribution in [3.8, 4) is 0 Å². The third kappa shape index (κ3) is 3.31. The topological polar surface area (TPSA) is 41.1 Å². The quantitative estimate of drug-likeness (QED) is 0.891. The molecule has 2 aromatic carbocycles. The Labute approximate surface area is 125 Å². The number of nitrogens with one attached hydrogen (secondary N) is 2. The van der Waals surface area contributed by atoms with Crippen LogP contribution in [0.2, 0.25) is 5.02 Å². The maximum absolute atomic E-state index is 13.7. The lowest BCUT2D eigenvalue weighted by molar-refractivity contribution is 0.102. The molecule has 0 saturated heterocycles. The van der Waals surface area contributed by atoms with Gasteiger partial charge in [-0.1, -0.05) is 11.6 Å². The Hall–Kier alpha value is -2.14. The Balaban J connectivity index is 2.34. The van der Waals surface area contributed by atoms with Crippen LogP contribution in [0.5, 0.6) is 0 Å². The zero-order valence-corrected chi connectivity index (χ0v) is 12.2. The van der Waals surface area contributed by atoms with Crippen molar-refractivity contribution >= 4 is 28.9 Å². The summed E-state index contributed by atoms with van der Waals surface area (Å²) in [5, 5.41) is 5.55. The number of hydrogen-bond donors (Lipinski definition) is 2. The second-order valence-electron chi connectivity index (χ2n) is 4.48. The molecule has 0 fully saturated rings. The molecule has 0 radical (unpaired) electrons. The third-order valence-electron chi connectivity index (χ3n) is 2.99. The summed E-state index contributed by atoms with van der Waals surface area (Å²) in [7, 11) is 1.64. The van der Waals surface area contributed by atoms with Crippen molar-refractivity contribution < 1.29 is 13.6 Å². The molecular formula is C15H13ClF2N2O. The van der Waals surface area contributed by atoms with Gasteiger partial charge in [0.1, 0.15) is 11.6 Å². The van der Waals surface area contributed by atoms with E-state index in [1.54, 1.807) is 19.2 Å². The predicted octanol–water partition coefficient (Wildman–Crippen LogP) is 4.22. The second-order valence-corrected chi connectivity index (χ2v) is 4.91. The summed E-state index contributed by atoms with van der Waals surface area (Å²) in [6, 6.07) is 6.68. The SMILES string of the molecule is CNc1ccc(Cl)cc1C(=O)Nc1cc(F)c(C)cc1F. The largest absolute Gasteiger partial charge is 0.387 e. The maximum atomic E-state index is 13.7. The first-order valence-corrected chi connectivity index (χ1v) is 6.54. The van der Waals surface area contributed by atoms with Crippen LogP contribution in [0.3, 0.4) is 0 Å². The van der Waals surface area contributed by atoms with E-state index in [0.29, 0.717) is 10.7 Å². The normalized spacial score (nSPS) is 10.3. The van der Waals surface area contributed by atoms with Gasteiger partial charge in [-0.3, -0.25) is 4.79 Å². The minimum Gasteiger partial charge on any atom is -0.387 e.